The molecule has 1 aliphatic rings. The van der Waals surface area contributed by atoms with Gasteiger partial charge in [0.05, 0.1) is 10.7 Å². The lowest BCUT2D eigenvalue weighted by molar-refractivity contribution is 0.414. The summed E-state index contributed by atoms with van der Waals surface area (Å²) in [7, 11) is 0. The molecular weight excluding hydrogens is 210 g/mol. The second-order valence-corrected chi connectivity index (χ2v) is 4.40. The summed E-state index contributed by atoms with van der Waals surface area (Å²) in [5, 5.41) is 0.740. The Kier molecular flexibility index (Phi) is 3.44. The summed E-state index contributed by atoms with van der Waals surface area (Å²) in [6, 6.07) is 1.98. The fraction of sp³-hybridized carbons (Fsp3) is 0.545. The molecule has 1 aromatic heterocycles. The Balaban J connectivity index is 2.04. The molecule has 15 heavy (non-hydrogen) atoms. The summed E-state index contributed by atoms with van der Waals surface area (Å²) in [6.45, 7) is 2.90. The lowest BCUT2D eigenvalue weighted by Gasteiger charge is -2.33. The van der Waals surface area contributed by atoms with E-state index in [1.165, 1.54) is 0 Å². The van der Waals surface area contributed by atoms with Crippen molar-refractivity contribution in [3.05, 3.63) is 23.5 Å². The molecule has 0 unspecified atom stereocenters. The second-order valence-electron chi connectivity index (χ2n) is 3.99. The van der Waals surface area contributed by atoms with E-state index >= 15 is 0 Å². The predicted molar refractivity (Wildman–Crippen MR) is 63.2 cm³/mol. The van der Waals surface area contributed by atoms with Crippen LogP contribution in [0.25, 0.3) is 0 Å². The van der Waals surface area contributed by atoms with E-state index in [2.05, 4.69) is 9.88 Å². The first-order valence-electron chi connectivity index (χ1n) is 5.36. The molecule has 4 heteroatoms. The van der Waals surface area contributed by atoms with Crippen molar-refractivity contribution in [3.8, 4) is 0 Å². The van der Waals surface area contributed by atoms with E-state index in [1.807, 2.05) is 6.07 Å². The lowest BCUT2D eigenvalue weighted by Crippen LogP contribution is -2.36. The SMILES string of the molecule is NCC1CCN(c2ccncc2Cl)CC1. The molecule has 1 aromatic rings. The van der Waals surface area contributed by atoms with Crippen LogP contribution >= 0.6 is 11.6 Å². The minimum Gasteiger partial charge on any atom is -0.370 e. The molecule has 0 saturated carbocycles. The van der Waals surface area contributed by atoms with Crippen LogP contribution in [0, 0.1) is 5.92 Å². The Morgan fingerprint density at radius 3 is 2.80 bits per heavy atom. The van der Waals surface area contributed by atoms with Crippen LogP contribution in [0.2, 0.25) is 5.02 Å². The van der Waals surface area contributed by atoms with Gasteiger partial charge in [-0.15, -0.1) is 0 Å². The molecule has 0 spiro atoms. The fourth-order valence-corrected chi connectivity index (χ4v) is 2.27. The molecule has 1 fully saturated rings. The first-order chi connectivity index (χ1) is 7.31. The lowest BCUT2D eigenvalue weighted by atomic mass is 9.97. The van der Waals surface area contributed by atoms with Gasteiger partial charge in [-0.25, -0.2) is 0 Å². The van der Waals surface area contributed by atoms with E-state index in [9.17, 15) is 0 Å². The topological polar surface area (TPSA) is 42.1 Å². The standard InChI is InChI=1S/C11H16ClN3/c12-10-8-14-4-1-11(10)15-5-2-9(7-13)3-6-15/h1,4,8-9H,2-3,5-7,13H2. The average Bonchev–Trinajstić information content (AvgIpc) is 2.30. The molecule has 82 valence electrons. The van der Waals surface area contributed by atoms with Gasteiger partial charge in [-0.2, -0.15) is 0 Å². The van der Waals surface area contributed by atoms with Crippen molar-refractivity contribution in [2.45, 2.75) is 12.8 Å². The molecule has 0 aliphatic carbocycles. The number of nitrogens with two attached hydrogens (primary N) is 1. The normalized spacial score (nSPS) is 18.1. The molecule has 3 nitrogen and oxygen atoms in total. The zero-order chi connectivity index (χ0) is 10.7. The first-order valence-corrected chi connectivity index (χ1v) is 5.73. The van der Waals surface area contributed by atoms with Gasteiger partial charge in [-0.3, -0.25) is 4.98 Å². The molecule has 2 rings (SSSR count). The molecule has 0 atom stereocenters. The third-order valence-corrected chi connectivity index (χ3v) is 3.33. The van der Waals surface area contributed by atoms with Crippen LogP contribution in [0.15, 0.2) is 18.5 Å². The monoisotopic (exact) mass is 225 g/mol. The molecule has 0 aromatic carbocycles. The van der Waals surface area contributed by atoms with E-state index in [4.69, 9.17) is 17.3 Å². The molecule has 1 aliphatic heterocycles. The van der Waals surface area contributed by atoms with E-state index < -0.39 is 0 Å². The van der Waals surface area contributed by atoms with Gasteiger partial charge >= 0.3 is 0 Å². The fourth-order valence-electron chi connectivity index (χ4n) is 2.03. The maximum atomic E-state index is 6.10. The molecular formula is C11H16ClN3. The van der Waals surface area contributed by atoms with Crippen molar-refractivity contribution in [3.63, 3.8) is 0 Å². The van der Waals surface area contributed by atoms with Gasteiger partial charge in [0.15, 0.2) is 0 Å². The van der Waals surface area contributed by atoms with E-state index in [0.29, 0.717) is 5.92 Å². The Morgan fingerprint density at radius 1 is 1.47 bits per heavy atom. The number of piperidine rings is 1. The van der Waals surface area contributed by atoms with Crippen molar-refractivity contribution >= 4 is 17.3 Å². The van der Waals surface area contributed by atoms with Crippen LogP contribution in [0.1, 0.15) is 12.8 Å². The second kappa shape index (κ2) is 4.81. The van der Waals surface area contributed by atoms with Crippen LogP contribution in [0.4, 0.5) is 5.69 Å². The average molecular weight is 226 g/mol. The highest BCUT2D eigenvalue weighted by Gasteiger charge is 2.19. The largest absolute Gasteiger partial charge is 0.370 e. The van der Waals surface area contributed by atoms with Crippen molar-refractivity contribution in [2.75, 3.05) is 24.5 Å². The number of halogens is 1. The van der Waals surface area contributed by atoms with Gasteiger partial charge in [0.1, 0.15) is 0 Å². The van der Waals surface area contributed by atoms with Gasteiger partial charge in [-0.05, 0) is 31.4 Å². The highest BCUT2D eigenvalue weighted by atomic mass is 35.5. The first kappa shape index (κ1) is 10.7. The van der Waals surface area contributed by atoms with Crippen molar-refractivity contribution in [1.29, 1.82) is 0 Å². The quantitative estimate of drug-likeness (QED) is 0.836. The predicted octanol–water partition coefficient (Wildman–Crippen LogP) is 1.91. The zero-order valence-corrected chi connectivity index (χ0v) is 9.45. The summed E-state index contributed by atoms with van der Waals surface area (Å²) >= 11 is 6.10. The van der Waals surface area contributed by atoms with Crippen LogP contribution in [0.3, 0.4) is 0 Å². The number of pyridine rings is 1. The molecule has 2 N–H and O–H groups in total. The van der Waals surface area contributed by atoms with Crippen LogP contribution in [-0.4, -0.2) is 24.6 Å². The maximum Gasteiger partial charge on any atom is 0.0822 e. The Morgan fingerprint density at radius 2 is 2.20 bits per heavy atom. The number of hydrogen-bond donors (Lipinski definition) is 1. The van der Waals surface area contributed by atoms with Crippen molar-refractivity contribution in [1.82, 2.24) is 4.98 Å². The van der Waals surface area contributed by atoms with Crippen LogP contribution in [-0.2, 0) is 0 Å². The molecule has 1 saturated heterocycles. The number of hydrogen-bond acceptors (Lipinski definition) is 3. The van der Waals surface area contributed by atoms with Gasteiger partial charge in [0.2, 0.25) is 0 Å². The number of anilines is 1. The van der Waals surface area contributed by atoms with Crippen LogP contribution < -0.4 is 10.6 Å². The van der Waals surface area contributed by atoms with Gasteiger partial charge in [0.25, 0.3) is 0 Å². The Bertz CT molecular complexity index is 321. The zero-order valence-electron chi connectivity index (χ0n) is 8.69. The Hall–Kier alpha value is -0.800. The van der Waals surface area contributed by atoms with Crippen molar-refractivity contribution in [2.24, 2.45) is 11.7 Å². The summed E-state index contributed by atoms with van der Waals surface area (Å²) in [6.07, 6.45) is 5.81. The minimum absolute atomic E-state index is 0.682. The summed E-state index contributed by atoms with van der Waals surface area (Å²) in [5.41, 5.74) is 6.76. The van der Waals surface area contributed by atoms with Gasteiger partial charge in [0, 0.05) is 25.5 Å². The van der Waals surface area contributed by atoms with Gasteiger partial charge < -0.3 is 10.6 Å². The highest BCUT2D eigenvalue weighted by molar-refractivity contribution is 6.33. The smallest absolute Gasteiger partial charge is 0.0822 e. The molecule has 0 amide bonds. The summed E-state index contributed by atoms with van der Waals surface area (Å²) < 4.78 is 0. The third-order valence-electron chi connectivity index (χ3n) is 3.04. The van der Waals surface area contributed by atoms with E-state index in [-0.39, 0.29) is 0 Å². The van der Waals surface area contributed by atoms with Crippen LogP contribution in [0.5, 0.6) is 0 Å². The van der Waals surface area contributed by atoms with E-state index in [0.717, 1.165) is 43.2 Å². The van der Waals surface area contributed by atoms with Gasteiger partial charge in [-0.1, -0.05) is 11.6 Å². The molecule has 0 bridgehead atoms. The number of rotatable bonds is 2. The Labute approximate surface area is 95.2 Å². The number of aromatic nitrogens is 1. The number of nitrogens with zero attached hydrogens (tertiary/aromatic N) is 2. The molecule has 0 radical (unpaired) electrons. The summed E-state index contributed by atoms with van der Waals surface area (Å²) in [5.74, 6) is 0.682. The highest BCUT2D eigenvalue weighted by Crippen LogP contribution is 2.28. The molecule has 2 heterocycles. The van der Waals surface area contributed by atoms with E-state index in [1.54, 1.807) is 12.4 Å². The third kappa shape index (κ3) is 2.41. The minimum atomic E-state index is 0.682. The maximum absolute atomic E-state index is 6.10. The summed E-state index contributed by atoms with van der Waals surface area (Å²) in [4.78, 5) is 6.31. The van der Waals surface area contributed by atoms with Crippen molar-refractivity contribution < 1.29 is 0 Å².